The summed E-state index contributed by atoms with van der Waals surface area (Å²) in [5.41, 5.74) is -1.17. The second kappa shape index (κ2) is 11.0. The Bertz CT molecular complexity index is 1470. The van der Waals surface area contributed by atoms with Gasteiger partial charge in [-0.3, -0.25) is 4.79 Å². The number of aryl methyl sites for hydroxylation is 1. The van der Waals surface area contributed by atoms with Gasteiger partial charge in [0.15, 0.2) is 12.1 Å². The molecule has 2 spiro atoms. The normalized spacial score (nSPS) is 49.2. The minimum Gasteiger partial charge on any atom is -0.390 e. The van der Waals surface area contributed by atoms with Crippen molar-refractivity contribution in [3.8, 4) is 0 Å². The Morgan fingerprint density at radius 1 is 1.10 bits per heavy atom. The smallest absolute Gasteiger partial charge is 0.290 e. The van der Waals surface area contributed by atoms with Crippen LogP contribution in [0.1, 0.15) is 110 Å². The molecule has 2 saturated heterocycles. The Morgan fingerprint density at radius 3 is 2.51 bits per heavy atom. The molecule has 1 amide bonds. The molecule has 5 aliphatic carbocycles. The number of hydrogen-bond donors (Lipinski definition) is 3. The van der Waals surface area contributed by atoms with E-state index in [1.165, 1.54) is 12.8 Å². The quantitative estimate of drug-likeness (QED) is 0.413. The highest BCUT2D eigenvalue weighted by molar-refractivity contribution is 5.90. The van der Waals surface area contributed by atoms with Crippen LogP contribution in [-0.4, -0.2) is 97.8 Å². The molecule has 0 radical (unpaired) electrons. The molecule has 1 aromatic rings. The maximum Gasteiger partial charge on any atom is 0.290 e. The van der Waals surface area contributed by atoms with Crippen LogP contribution in [0.4, 0.5) is 0 Å². The Balaban J connectivity index is 1.01. The molecule has 49 heavy (non-hydrogen) atoms. The molecule has 5 unspecified atom stereocenters. The number of carbonyl (C=O) groups excluding carboxylic acids is 1. The molecule has 8 rings (SSSR count). The van der Waals surface area contributed by atoms with E-state index in [0.717, 1.165) is 32.1 Å². The second-order valence-electron chi connectivity index (χ2n) is 19.2. The highest BCUT2D eigenvalue weighted by Crippen LogP contribution is 2.89. The lowest BCUT2D eigenvalue weighted by Gasteiger charge is -2.64. The van der Waals surface area contributed by atoms with Crippen molar-refractivity contribution in [3.05, 3.63) is 18.2 Å². The van der Waals surface area contributed by atoms with Gasteiger partial charge in [0.2, 0.25) is 0 Å². The fraction of sp³-hybridized carbons (Fsp3) is 0.897. The predicted molar refractivity (Wildman–Crippen MR) is 182 cm³/mol. The minimum absolute atomic E-state index is 0.0447. The van der Waals surface area contributed by atoms with Crippen molar-refractivity contribution in [2.75, 3.05) is 19.7 Å². The molecule has 0 bridgehead atoms. The van der Waals surface area contributed by atoms with E-state index in [4.69, 9.17) is 14.2 Å². The number of morpholine rings is 1. The summed E-state index contributed by atoms with van der Waals surface area (Å²) in [6.07, 6.45) is 9.19. The molecule has 7 aliphatic rings. The Kier molecular flexibility index (Phi) is 7.74. The van der Waals surface area contributed by atoms with Crippen LogP contribution in [0.2, 0.25) is 0 Å². The van der Waals surface area contributed by atoms with Gasteiger partial charge in [-0.05, 0) is 111 Å². The van der Waals surface area contributed by atoms with Gasteiger partial charge in [0.05, 0.1) is 43.2 Å². The Hall–Kier alpha value is -1.56. The fourth-order valence-corrected chi connectivity index (χ4v) is 14.0. The van der Waals surface area contributed by atoms with Crippen molar-refractivity contribution in [3.63, 3.8) is 0 Å². The van der Waals surface area contributed by atoms with E-state index in [9.17, 15) is 20.1 Å². The predicted octanol–water partition coefficient (Wildman–Crippen LogP) is 4.55. The summed E-state index contributed by atoms with van der Waals surface area (Å²) in [7, 11) is 1.84. The van der Waals surface area contributed by atoms with Gasteiger partial charge < -0.3 is 39.0 Å². The number of aliphatic hydroxyl groups is 3. The van der Waals surface area contributed by atoms with E-state index in [0.29, 0.717) is 43.8 Å². The van der Waals surface area contributed by atoms with Gasteiger partial charge in [-0.1, -0.05) is 34.6 Å². The lowest BCUT2D eigenvalue weighted by atomic mass is 9.41. The van der Waals surface area contributed by atoms with Gasteiger partial charge in [0.1, 0.15) is 6.10 Å². The van der Waals surface area contributed by atoms with E-state index in [-0.39, 0.29) is 57.0 Å². The number of imidazole rings is 1. The Morgan fingerprint density at radius 2 is 1.82 bits per heavy atom. The first-order valence-electron chi connectivity index (χ1n) is 19.2. The summed E-state index contributed by atoms with van der Waals surface area (Å²) >= 11 is 0. The van der Waals surface area contributed by atoms with Gasteiger partial charge >= 0.3 is 0 Å². The van der Waals surface area contributed by atoms with Gasteiger partial charge in [-0.25, -0.2) is 4.98 Å². The Labute approximate surface area is 292 Å². The number of rotatable bonds is 5. The van der Waals surface area contributed by atoms with Crippen LogP contribution >= 0.6 is 0 Å². The molecule has 3 N–H and O–H groups in total. The van der Waals surface area contributed by atoms with Gasteiger partial charge in [-0.2, -0.15) is 0 Å². The maximum atomic E-state index is 13.2. The number of aliphatic hydroxyl groups excluding tert-OH is 2. The molecule has 5 saturated carbocycles. The van der Waals surface area contributed by atoms with E-state index in [2.05, 4.69) is 39.6 Å². The summed E-state index contributed by atoms with van der Waals surface area (Å²) in [4.78, 5) is 19.3. The third-order valence-electron chi connectivity index (χ3n) is 16.5. The monoisotopic (exact) mass is 683 g/mol. The molecular formula is C39H61N3O7. The summed E-state index contributed by atoms with van der Waals surface area (Å²) < 4.78 is 21.4. The molecule has 10 nitrogen and oxygen atoms in total. The molecule has 10 heteroatoms. The summed E-state index contributed by atoms with van der Waals surface area (Å²) in [6, 6.07) is 0. The second-order valence-corrected chi connectivity index (χ2v) is 19.2. The average molecular weight is 684 g/mol. The van der Waals surface area contributed by atoms with Crippen LogP contribution < -0.4 is 0 Å². The third-order valence-corrected chi connectivity index (χ3v) is 16.5. The van der Waals surface area contributed by atoms with Gasteiger partial charge in [0, 0.05) is 31.4 Å². The number of fused-ring (bicyclic) bond motifs is 4. The number of carbonyl (C=O) groups is 1. The van der Waals surface area contributed by atoms with Crippen molar-refractivity contribution in [1.29, 1.82) is 0 Å². The molecule has 2 aliphatic heterocycles. The number of hydrogen-bond acceptors (Lipinski definition) is 8. The molecule has 14 atom stereocenters. The molecule has 0 aromatic carbocycles. The first kappa shape index (κ1) is 34.5. The molecule has 1 aromatic heterocycles. The van der Waals surface area contributed by atoms with E-state index < -0.39 is 30.2 Å². The summed E-state index contributed by atoms with van der Waals surface area (Å²) in [5.74, 6) is 1.81. The lowest BCUT2D eigenvalue weighted by molar-refractivity contribution is -0.245. The maximum absolute atomic E-state index is 13.2. The molecular weight excluding hydrogens is 622 g/mol. The first-order chi connectivity index (χ1) is 22.9. The standard InChI is InChI=1S/C39H61N3O7/c1-22-19-23(30(43)35(4,5)46)48-29-28(22)36(6)13-14-39-21-38(39)12-11-26(34(2,3)24(38)9-10-25(39)37(36,7)31(29)44)49-27-20-42(17-18-47-27)33(45)32-40-15-16-41(32)8/h15-16,22-31,43-44,46H,9-14,17-21H2,1-8H3/t22-,23?,24?,25?,26+,27+,28+,29?,30+,31+,36-,37-,38-,39?/m1/s1. The van der Waals surface area contributed by atoms with Crippen molar-refractivity contribution in [2.24, 2.45) is 57.8 Å². The summed E-state index contributed by atoms with van der Waals surface area (Å²) in [6.45, 7) is 16.6. The average Bonchev–Trinajstić information content (AvgIpc) is 3.45. The zero-order chi connectivity index (χ0) is 35.1. The van der Waals surface area contributed by atoms with Crippen LogP contribution in [0.15, 0.2) is 12.4 Å². The highest BCUT2D eigenvalue weighted by atomic mass is 16.7. The zero-order valence-corrected chi connectivity index (χ0v) is 31.0. The number of nitrogens with zero attached hydrogens (tertiary/aromatic N) is 3. The van der Waals surface area contributed by atoms with Crippen LogP contribution in [-0.2, 0) is 21.3 Å². The number of amides is 1. The molecule has 7 fully saturated rings. The highest BCUT2D eigenvalue weighted by Gasteiger charge is 2.84. The van der Waals surface area contributed by atoms with Crippen LogP contribution in [0.25, 0.3) is 0 Å². The SMILES string of the molecule is C[C@@H]1CC([C@H](O)C(C)(C)O)OC2[C@H]1[C@@]1(C)CCC34C[C@@]35CC[C@H](O[C@H]3CN(C(=O)c6nccn6C)CCO3)C(C)(C)C5CCC4[C@]1(C)[C@H]2O. The van der Waals surface area contributed by atoms with Gasteiger partial charge in [-0.15, -0.1) is 0 Å². The van der Waals surface area contributed by atoms with E-state index >= 15 is 0 Å². The minimum atomic E-state index is -1.26. The first-order valence-corrected chi connectivity index (χ1v) is 19.2. The van der Waals surface area contributed by atoms with Crippen molar-refractivity contribution in [2.45, 2.75) is 142 Å². The van der Waals surface area contributed by atoms with Crippen molar-refractivity contribution in [1.82, 2.24) is 14.5 Å². The van der Waals surface area contributed by atoms with E-state index in [1.54, 1.807) is 30.8 Å². The zero-order valence-electron chi connectivity index (χ0n) is 31.0. The van der Waals surface area contributed by atoms with Crippen LogP contribution in [0, 0.1) is 50.7 Å². The van der Waals surface area contributed by atoms with Crippen LogP contribution in [0.3, 0.4) is 0 Å². The topological polar surface area (TPSA) is 127 Å². The van der Waals surface area contributed by atoms with E-state index in [1.807, 2.05) is 11.9 Å². The third kappa shape index (κ3) is 4.52. The van der Waals surface area contributed by atoms with Gasteiger partial charge in [0.25, 0.3) is 5.91 Å². The summed E-state index contributed by atoms with van der Waals surface area (Å²) in [5, 5.41) is 34.2. The largest absolute Gasteiger partial charge is 0.390 e. The number of ether oxygens (including phenoxy) is 3. The number of aromatic nitrogens is 2. The van der Waals surface area contributed by atoms with Crippen molar-refractivity contribution < 1.29 is 34.3 Å². The molecule has 274 valence electrons. The fourth-order valence-electron chi connectivity index (χ4n) is 14.0. The van der Waals surface area contributed by atoms with Crippen molar-refractivity contribution >= 4 is 5.91 Å². The molecule has 3 heterocycles. The lowest BCUT2D eigenvalue weighted by Crippen LogP contribution is -2.60. The van der Waals surface area contributed by atoms with Crippen LogP contribution in [0.5, 0.6) is 0 Å².